The van der Waals surface area contributed by atoms with Gasteiger partial charge in [0.05, 0.1) is 11.3 Å². The molecular weight excluding hydrogens is 343 g/mol. The van der Waals surface area contributed by atoms with Crippen molar-refractivity contribution in [2.45, 2.75) is 31.7 Å². The van der Waals surface area contributed by atoms with E-state index in [2.05, 4.69) is 10.3 Å². The van der Waals surface area contributed by atoms with Crippen molar-refractivity contribution in [3.63, 3.8) is 0 Å². The second kappa shape index (κ2) is 7.94. The number of hydrogen-bond acceptors (Lipinski definition) is 4. The van der Waals surface area contributed by atoms with E-state index in [9.17, 15) is 9.18 Å². The highest BCUT2D eigenvalue weighted by Gasteiger charge is 2.24. The van der Waals surface area contributed by atoms with Crippen LogP contribution >= 0.6 is 0 Å². The molecule has 6 heteroatoms. The molecule has 1 saturated heterocycles. The fraction of sp³-hybridized carbons (Fsp3) is 0.429. The maximum absolute atomic E-state index is 13.9. The fourth-order valence-electron chi connectivity index (χ4n) is 3.93. The number of carbonyl (C=O) groups excluding carboxylic acids is 1. The van der Waals surface area contributed by atoms with E-state index < -0.39 is 0 Å². The van der Waals surface area contributed by atoms with E-state index in [0.717, 1.165) is 5.82 Å². The molecular formula is C21H25FN4O. The Balaban J connectivity index is 1.34. The van der Waals surface area contributed by atoms with Crippen LogP contribution in [0.15, 0.2) is 42.6 Å². The first-order chi connectivity index (χ1) is 13.2. The molecule has 5 nitrogen and oxygen atoms in total. The van der Waals surface area contributed by atoms with Gasteiger partial charge in [-0.3, -0.25) is 4.79 Å². The minimum atomic E-state index is -0.216. The van der Waals surface area contributed by atoms with Gasteiger partial charge in [-0.1, -0.05) is 25.0 Å². The third-order valence-electron chi connectivity index (χ3n) is 5.48. The van der Waals surface area contributed by atoms with Gasteiger partial charge in [0.25, 0.3) is 5.91 Å². The molecule has 0 radical (unpaired) electrons. The molecule has 0 bridgehead atoms. The van der Waals surface area contributed by atoms with E-state index in [1.165, 1.54) is 31.7 Å². The largest absolute Gasteiger partial charge is 0.367 e. The van der Waals surface area contributed by atoms with Crippen molar-refractivity contribution < 1.29 is 9.18 Å². The van der Waals surface area contributed by atoms with E-state index in [4.69, 9.17) is 0 Å². The number of nitrogens with one attached hydrogen (secondary N) is 1. The van der Waals surface area contributed by atoms with Gasteiger partial charge in [0, 0.05) is 38.4 Å². The average Bonchev–Trinajstić information content (AvgIpc) is 3.22. The topological polar surface area (TPSA) is 48.5 Å². The molecule has 2 heterocycles. The van der Waals surface area contributed by atoms with Crippen molar-refractivity contribution in [2.75, 3.05) is 36.4 Å². The average molecular weight is 368 g/mol. The summed E-state index contributed by atoms with van der Waals surface area (Å²) >= 11 is 0. The van der Waals surface area contributed by atoms with Crippen molar-refractivity contribution in [3.05, 3.63) is 54.0 Å². The number of piperazine rings is 1. The Morgan fingerprint density at radius 1 is 1.04 bits per heavy atom. The van der Waals surface area contributed by atoms with Gasteiger partial charge in [0.2, 0.25) is 0 Å². The molecule has 27 heavy (non-hydrogen) atoms. The number of carbonyl (C=O) groups is 1. The smallest absolute Gasteiger partial charge is 0.255 e. The first kappa shape index (κ1) is 17.8. The number of nitrogens with zero attached hydrogens (tertiary/aromatic N) is 3. The van der Waals surface area contributed by atoms with E-state index in [0.29, 0.717) is 43.5 Å². The molecule has 0 atom stereocenters. The molecule has 1 aromatic carbocycles. The third-order valence-corrected chi connectivity index (χ3v) is 5.48. The van der Waals surface area contributed by atoms with Crippen LogP contribution in [0.4, 0.5) is 15.9 Å². The highest BCUT2D eigenvalue weighted by atomic mass is 19.1. The number of pyridine rings is 1. The number of halogens is 1. The Labute approximate surface area is 159 Å². The van der Waals surface area contributed by atoms with Gasteiger partial charge in [-0.05, 0) is 37.1 Å². The van der Waals surface area contributed by atoms with Gasteiger partial charge in [-0.15, -0.1) is 0 Å². The number of rotatable bonds is 4. The first-order valence-electron chi connectivity index (χ1n) is 9.72. The van der Waals surface area contributed by atoms with Crippen LogP contribution in [0.5, 0.6) is 0 Å². The second-order valence-corrected chi connectivity index (χ2v) is 7.29. The Hall–Kier alpha value is -2.63. The Morgan fingerprint density at radius 3 is 2.44 bits per heavy atom. The molecule has 2 fully saturated rings. The lowest BCUT2D eigenvalue weighted by Gasteiger charge is -2.36. The van der Waals surface area contributed by atoms with Crippen LogP contribution in [0.25, 0.3) is 0 Å². The lowest BCUT2D eigenvalue weighted by molar-refractivity contribution is 0.0746. The molecule has 1 aliphatic heterocycles. The van der Waals surface area contributed by atoms with Crippen molar-refractivity contribution >= 4 is 17.4 Å². The molecule has 1 aliphatic carbocycles. The maximum atomic E-state index is 13.9. The number of aromatic nitrogens is 1. The van der Waals surface area contributed by atoms with Gasteiger partial charge in [-0.2, -0.15) is 0 Å². The summed E-state index contributed by atoms with van der Waals surface area (Å²) in [6, 6.07) is 11.0. The Bertz CT molecular complexity index is 781. The van der Waals surface area contributed by atoms with Crippen molar-refractivity contribution in [1.29, 1.82) is 0 Å². The number of amides is 1. The van der Waals surface area contributed by atoms with Crippen LogP contribution in [-0.4, -0.2) is 48.0 Å². The summed E-state index contributed by atoms with van der Waals surface area (Å²) in [6.07, 6.45) is 6.58. The molecule has 1 saturated carbocycles. The monoisotopic (exact) mass is 368 g/mol. The molecule has 0 spiro atoms. The zero-order valence-corrected chi connectivity index (χ0v) is 15.4. The third kappa shape index (κ3) is 4.04. The van der Waals surface area contributed by atoms with Gasteiger partial charge < -0.3 is 15.1 Å². The SMILES string of the molecule is O=C(c1ccc(NC2CCCC2)nc1)N1CCN(c2ccccc2F)CC1. The molecule has 4 rings (SSSR count). The van der Waals surface area contributed by atoms with Crippen LogP contribution < -0.4 is 10.2 Å². The maximum Gasteiger partial charge on any atom is 0.255 e. The standard InChI is InChI=1S/C21H25FN4O/c22-18-7-3-4-8-19(18)25-11-13-26(14-12-25)21(27)16-9-10-20(23-15-16)24-17-5-1-2-6-17/h3-4,7-10,15,17H,1-2,5-6,11-14H2,(H,23,24). The van der Waals surface area contributed by atoms with Gasteiger partial charge in [-0.25, -0.2) is 9.37 Å². The summed E-state index contributed by atoms with van der Waals surface area (Å²) in [4.78, 5) is 21.0. The van der Waals surface area contributed by atoms with Gasteiger partial charge in [0.1, 0.15) is 11.6 Å². The summed E-state index contributed by atoms with van der Waals surface area (Å²) in [5, 5.41) is 3.44. The van der Waals surface area contributed by atoms with Crippen molar-refractivity contribution in [1.82, 2.24) is 9.88 Å². The summed E-state index contributed by atoms with van der Waals surface area (Å²) < 4.78 is 13.9. The van der Waals surface area contributed by atoms with E-state index in [1.807, 2.05) is 28.0 Å². The summed E-state index contributed by atoms with van der Waals surface area (Å²) in [5.41, 5.74) is 1.21. The summed E-state index contributed by atoms with van der Waals surface area (Å²) in [7, 11) is 0. The number of hydrogen-bond donors (Lipinski definition) is 1. The normalized spacial score (nSPS) is 18.0. The van der Waals surface area contributed by atoms with Crippen LogP contribution in [0.1, 0.15) is 36.0 Å². The quantitative estimate of drug-likeness (QED) is 0.897. The van der Waals surface area contributed by atoms with Crippen LogP contribution in [-0.2, 0) is 0 Å². The number of para-hydroxylation sites is 1. The lowest BCUT2D eigenvalue weighted by Crippen LogP contribution is -2.49. The summed E-state index contributed by atoms with van der Waals surface area (Å²) in [5.74, 6) is 0.609. The molecule has 0 unspecified atom stereocenters. The van der Waals surface area contributed by atoms with E-state index in [-0.39, 0.29) is 11.7 Å². The number of benzene rings is 1. The molecule has 142 valence electrons. The molecule has 2 aromatic rings. The van der Waals surface area contributed by atoms with Gasteiger partial charge in [0.15, 0.2) is 0 Å². The van der Waals surface area contributed by atoms with Crippen LogP contribution in [0.3, 0.4) is 0 Å². The molecule has 1 N–H and O–H groups in total. The Kier molecular flexibility index (Phi) is 5.23. The second-order valence-electron chi connectivity index (χ2n) is 7.29. The minimum Gasteiger partial charge on any atom is -0.367 e. The van der Waals surface area contributed by atoms with E-state index in [1.54, 1.807) is 18.3 Å². The van der Waals surface area contributed by atoms with Crippen LogP contribution in [0, 0.1) is 5.82 Å². The lowest BCUT2D eigenvalue weighted by atomic mass is 10.2. The molecule has 1 amide bonds. The Morgan fingerprint density at radius 2 is 1.78 bits per heavy atom. The summed E-state index contributed by atoms with van der Waals surface area (Å²) in [6.45, 7) is 2.41. The predicted molar refractivity (Wildman–Crippen MR) is 105 cm³/mol. The first-order valence-corrected chi connectivity index (χ1v) is 9.72. The van der Waals surface area contributed by atoms with E-state index >= 15 is 0 Å². The van der Waals surface area contributed by atoms with Crippen molar-refractivity contribution in [3.8, 4) is 0 Å². The number of anilines is 2. The molecule has 1 aromatic heterocycles. The van der Waals surface area contributed by atoms with Crippen LogP contribution in [0.2, 0.25) is 0 Å². The van der Waals surface area contributed by atoms with Crippen molar-refractivity contribution in [2.24, 2.45) is 0 Å². The zero-order chi connectivity index (χ0) is 18.6. The van der Waals surface area contributed by atoms with Gasteiger partial charge >= 0.3 is 0 Å². The predicted octanol–water partition coefficient (Wildman–Crippen LogP) is 3.54. The zero-order valence-electron chi connectivity index (χ0n) is 15.4. The highest BCUT2D eigenvalue weighted by Crippen LogP contribution is 2.22. The minimum absolute atomic E-state index is 0.0110. The highest BCUT2D eigenvalue weighted by molar-refractivity contribution is 5.94. The fourth-order valence-corrected chi connectivity index (χ4v) is 3.93. The molecule has 2 aliphatic rings.